The summed E-state index contributed by atoms with van der Waals surface area (Å²) in [6.07, 6.45) is 3.58. The van der Waals surface area contributed by atoms with Crippen LogP contribution in [-0.4, -0.2) is 35.3 Å². The van der Waals surface area contributed by atoms with E-state index in [0.717, 1.165) is 25.3 Å². The van der Waals surface area contributed by atoms with Crippen molar-refractivity contribution < 1.29 is 4.79 Å². The standard InChI is InChI=1S/C14H16N4O.ClH/c19-14(16-10-11-8-15-9-11)12-3-1-4-13(7-12)18-6-2-5-17-18;/h1-7,11,15H,8-10H2,(H,16,19);1H. The number of hydrogen-bond acceptors (Lipinski definition) is 3. The summed E-state index contributed by atoms with van der Waals surface area (Å²) in [6, 6.07) is 9.33. The zero-order chi connectivity index (χ0) is 13.1. The van der Waals surface area contributed by atoms with Gasteiger partial charge in [-0.1, -0.05) is 6.07 Å². The monoisotopic (exact) mass is 292 g/mol. The van der Waals surface area contributed by atoms with Crippen LogP contribution in [-0.2, 0) is 0 Å². The molecule has 1 amide bonds. The predicted molar refractivity (Wildman–Crippen MR) is 79.5 cm³/mol. The van der Waals surface area contributed by atoms with Crippen molar-refractivity contribution >= 4 is 18.3 Å². The van der Waals surface area contributed by atoms with Crippen molar-refractivity contribution in [3.05, 3.63) is 48.3 Å². The lowest BCUT2D eigenvalue weighted by atomic mass is 10.0. The third-order valence-corrected chi connectivity index (χ3v) is 3.29. The average Bonchev–Trinajstić information content (AvgIpc) is 2.91. The van der Waals surface area contributed by atoms with Gasteiger partial charge in [-0.2, -0.15) is 5.10 Å². The number of benzene rings is 1. The van der Waals surface area contributed by atoms with Crippen LogP contribution < -0.4 is 10.6 Å². The van der Waals surface area contributed by atoms with E-state index in [-0.39, 0.29) is 18.3 Å². The van der Waals surface area contributed by atoms with Crippen LogP contribution in [0.1, 0.15) is 10.4 Å². The summed E-state index contributed by atoms with van der Waals surface area (Å²) < 4.78 is 1.74. The Bertz CT molecular complexity index is 566. The predicted octanol–water partition coefficient (Wildman–Crippen LogP) is 1.24. The molecule has 1 aliphatic rings. The van der Waals surface area contributed by atoms with E-state index < -0.39 is 0 Å². The minimum Gasteiger partial charge on any atom is -0.352 e. The summed E-state index contributed by atoms with van der Waals surface area (Å²) in [5.74, 6) is 0.541. The maximum atomic E-state index is 12.0. The van der Waals surface area contributed by atoms with E-state index in [1.807, 2.05) is 36.5 Å². The highest BCUT2D eigenvalue weighted by atomic mass is 35.5. The van der Waals surface area contributed by atoms with Crippen LogP contribution >= 0.6 is 12.4 Å². The fourth-order valence-corrected chi connectivity index (χ4v) is 2.04. The molecule has 0 bridgehead atoms. The van der Waals surface area contributed by atoms with E-state index in [0.29, 0.717) is 11.5 Å². The van der Waals surface area contributed by atoms with Gasteiger partial charge >= 0.3 is 0 Å². The van der Waals surface area contributed by atoms with Crippen molar-refractivity contribution in [3.63, 3.8) is 0 Å². The van der Waals surface area contributed by atoms with E-state index in [9.17, 15) is 4.79 Å². The first-order chi connectivity index (χ1) is 9.33. The minimum absolute atomic E-state index is 0. The van der Waals surface area contributed by atoms with Gasteiger partial charge in [0.1, 0.15) is 0 Å². The van der Waals surface area contributed by atoms with E-state index in [1.165, 1.54) is 0 Å². The third-order valence-electron chi connectivity index (χ3n) is 3.29. The van der Waals surface area contributed by atoms with Crippen LogP contribution in [0.5, 0.6) is 0 Å². The molecule has 0 spiro atoms. The summed E-state index contributed by atoms with van der Waals surface area (Å²) >= 11 is 0. The summed E-state index contributed by atoms with van der Waals surface area (Å²) in [6.45, 7) is 2.72. The zero-order valence-electron chi connectivity index (χ0n) is 11.0. The van der Waals surface area contributed by atoms with Gasteiger partial charge in [0.05, 0.1) is 5.69 Å². The molecule has 5 nitrogen and oxygen atoms in total. The highest BCUT2D eigenvalue weighted by molar-refractivity contribution is 5.94. The Morgan fingerprint density at radius 2 is 2.25 bits per heavy atom. The summed E-state index contributed by atoms with van der Waals surface area (Å²) in [7, 11) is 0. The van der Waals surface area contributed by atoms with Crippen molar-refractivity contribution in [2.24, 2.45) is 5.92 Å². The lowest BCUT2D eigenvalue weighted by molar-refractivity contribution is 0.0942. The molecule has 2 aromatic rings. The van der Waals surface area contributed by atoms with Crippen molar-refractivity contribution in [1.29, 1.82) is 0 Å². The van der Waals surface area contributed by atoms with Crippen LogP contribution in [0.25, 0.3) is 5.69 Å². The van der Waals surface area contributed by atoms with Crippen molar-refractivity contribution in [3.8, 4) is 5.69 Å². The fraction of sp³-hybridized carbons (Fsp3) is 0.286. The molecule has 0 aliphatic carbocycles. The van der Waals surface area contributed by atoms with Gasteiger partial charge in [-0.15, -0.1) is 12.4 Å². The molecular weight excluding hydrogens is 276 g/mol. The Morgan fingerprint density at radius 3 is 2.90 bits per heavy atom. The smallest absolute Gasteiger partial charge is 0.251 e. The molecule has 1 aliphatic heterocycles. The Hall–Kier alpha value is -1.85. The van der Waals surface area contributed by atoms with E-state index >= 15 is 0 Å². The molecule has 0 unspecified atom stereocenters. The van der Waals surface area contributed by atoms with Gasteiger partial charge in [-0.05, 0) is 24.3 Å². The van der Waals surface area contributed by atoms with Gasteiger partial charge in [0.15, 0.2) is 0 Å². The highest BCUT2D eigenvalue weighted by Crippen LogP contribution is 2.10. The van der Waals surface area contributed by atoms with Gasteiger partial charge in [-0.3, -0.25) is 4.79 Å². The second kappa shape index (κ2) is 6.54. The van der Waals surface area contributed by atoms with Crippen LogP contribution in [0.3, 0.4) is 0 Å². The van der Waals surface area contributed by atoms with Crippen LogP contribution in [0, 0.1) is 5.92 Å². The molecule has 0 radical (unpaired) electrons. The molecule has 1 saturated heterocycles. The van der Waals surface area contributed by atoms with Gasteiger partial charge in [-0.25, -0.2) is 4.68 Å². The van der Waals surface area contributed by atoms with Crippen molar-refractivity contribution in [1.82, 2.24) is 20.4 Å². The SMILES string of the molecule is Cl.O=C(NCC1CNC1)c1cccc(-n2cccn2)c1. The van der Waals surface area contributed by atoms with Crippen molar-refractivity contribution in [2.45, 2.75) is 0 Å². The maximum absolute atomic E-state index is 12.0. The Morgan fingerprint density at radius 1 is 1.40 bits per heavy atom. The number of rotatable bonds is 4. The molecule has 1 aromatic carbocycles. The molecule has 2 heterocycles. The zero-order valence-corrected chi connectivity index (χ0v) is 11.8. The molecule has 106 valence electrons. The number of hydrogen-bond donors (Lipinski definition) is 2. The number of amides is 1. The van der Waals surface area contributed by atoms with Gasteiger partial charge < -0.3 is 10.6 Å². The molecule has 6 heteroatoms. The molecule has 3 rings (SSSR count). The molecule has 0 atom stereocenters. The average molecular weight is 293 g/mol. The molecule has 1 aromatic heterocycles. The number of nitrogens with zero attached hydrogens (tertiary/aromatic N) is 2. The molecule has 1 fully saturated rings. The molecular formula is C14H17ClN4O. The largest absolute Gasteiger partial charge is 0.352 e. The maximum Gasteiger partial charge on any atom is 0.251 e. The summed E-state index contributed by atoms with van der Waals surface area (Å²) in [5, 5.41) is 10.3. The Balaban J connectivity index is 0.00000147. The minimum atomic E-state index is -0.0269. The summed E-state index contributed by atoms with van der Waals surface area (Å²) in [4.78, 5) is 12.0. The topological polar surface area (TPSA) is 59.0 Å². The fourth-order valence-electron chi connectivity index (χ4n) is 2.04. The van der Waals surface area contributed by atoms with E-state index in [1.54, 1.807) is 10.9 Å². The number of aromatic nitrogens is 2. The number of halogens is 1. The van der Waals surface area contributed by atoms with Gasteiger partial charge in [0.25, 0.3) is 5.91 Å². The van der Waals surface area contributed by atoms with Crippen LogP contribution in [0.15, 0.2) is 42.7 Å². The van der Waals surface area contributed by atoms with Gasteiger partial charge in [0.2, 0.25) is 0 Å². The second-order valence-corrected chi connectivity index (χ2v) is 4.74. The quantitative estimate of drug-likeness (QED) is 0.891. The number of carbonyl (C=O) groups excluding carboxylic acids is 1. The first-order valence-electron chi connectivity index (χ1n) is 6.42. The number of nitrogens with one attached hydrogen (secondary N) is 2. The first-order valence-corrected chi connectivity index (χ1v) is 6.42. The van der Waals surface area contributed by atoms with E-state index in [4.69, 9.17) is 0 Å². The third kappa shape index (κ3) is 3.18. The normalized spacial score (nSPS) is 14.2. The lowest BCUT2D eigenvalue weighted by Crippen LogP contribution is -2.48. The lowest BCUT2D eigenvalue weighted by Gasteiger charge is -2.27. The Kier molecular flexibility index (Phi) is 4.76. The summed E-state index contributed by atoms with van der Waals surface area (Å²) in [5.41, 5.74) is 1.56. The highest BCUT2D eigenvalue weighted by Gasteiger charge is 2.17. The van der Waals surface area contributed by atoms with Crippen molar-refractivity contribution in [2.75, 3.05) is 19.6 Å². The van der Waals surface area contributed by atoms with Crippen LogP contribution in [0.4, 0.5) is 0 Å². The Labute approximate surface area is 123 Å². The molecule has 2 N–H and O–H groups in total. The molecule has 0 saturated carbocycles. The molecule has 20 heavy (non-hydrogen) atoms. The van der Waals surface area contributed by atoms with E-state index in [2.05, 4.69) is 15.7 Å². The number of carbonyl (C=O) groups is 1. The second-order valence-electron chi connectivity index (χ2n) is 4.74. The van der Waals surface area contributed by atoms with Gasteiger partial charge in [0, 0.05) is 43.5 Å². The van der Waals surface area contributed by atoms with Crippen LogP contribution in [0.2, 0.25) is 0 Å². The first kappa shape index (κ1) is 14.6.